The molecule has 2 rings (SSSR count). The molecule has 0 aromatic carbocycles. The van der Waals surface area contributed by atoms with Gasteiger partial charge in [0.1, 0.15) is 0 Å². The number of rotatable bonds is 1. The van der Waals surface area contributed by atoms with Gasteiger partial charge in [-0.25, -0.2) is 0 Å². The van der Waals surface area contributed by atoms with E-state index < -0.39 is 11.8 Å². The van der Waals surface area contributed by atoms with Crippen molar-refractivity contribution in [3.05, 3.63) is 12.3 Å². The lowest BCUT2D eigenvalue weighted by atomic mass is 9.89. The van der Waals surface area contributed by atoms with E-state index in [9.17, 15) is 14.4 Å². The summed E-state index contributed by atoms with van der Waals surface area (Å²) in [6.45, 7) is 3.77. The third-order valence-electron chi connectivity index (χ3n) is 3.48. The maximum Gasteiger partial charge on any atom is 0.233 e. The SMILES string of the molecule is C=C1CC(C2CC(=O)N(C)C2=O)C(=O)N1C. The van der Waals surface area contributed by atoms with Crippen molar-refractivity contribution >= 4 is 17.7 Å². The van der Waals surface area contributed by atoms with E-state index in [0.29, 0.717) is 12.1 Å². The minimum absolute atomic E-state index is 0.105. The summed E-state index contributed by atoms with van der Waals surface area (Å²) >= 11 is 0. The van der Waals surface area contributed by atoms with Gasteiger partial charge in [0.05, 0.1) is 11.8 Å². The molecule has 2 aliphatic rings. The van der Waals surface area contributed by atoms with E-state index in [4.69, 9.17) is 0 Å². The van der Waals surface area contributed by atoms with Gasteiger partial charge in [0.25, 0.3) is 0 Å². The number of likely N-dealkylation sites (tertiary alicyclic amines) is 2. The number of amides is 3. The molecule has 0 aliphatic carbocycles. The Hall–Kier alpha value is -1.65. The number of hydrogen-bond donors (Lipinski definition) is 0. The van der Waals surface area contributed by atoms with Crippen LogP contribution in [0.15, 0.2) is 12.3 Å². The fourth-order valence-electron chi connectivity index (χ4n) is 2.30. The van der Waals surface area contributed by atoms with Crippen molar-refractivity contribution in [2.45, 2.75) is 12.8 Å². The van der Waals surface area contributed by atoms with Crippen molar-refractivity contribution in [3.8, 4) is 0 Å². The van der Waals surface area contributed by atoms with Crippen molar-refractivity contribution in [1.29, 1.82) is 0 Å². The van der Waals surface area contributed by atoms with Crippen molar-refractivity contribution in [1.82, 2.24) is 9.80 Å². The van der Waals surface area contributed by atoms with E-state index in [1.165, 1.54) is 11.9 Å². The zero-order valence-electron chi connectivity index (χ0n) is 9.40. The number of hydrogen-bond acceptors (Lipinski definition) is 3. The summed E-state index contributed by atoms with van der Waals surface area (Å²) in [4.78, 5) is 37.6. The Balaban J connectivity index is 2.22. The largest absolute Gasteiger partial charge is 0.320 e. The first-order valence-electron chi connectivity index (χ1n) is 5.19. The van der Waals surface area contributed by atoms with Gasteiger partial charge in [-0.05, 0) is 6.42 Å². The molecule has 2 aliphatic heterocycles. The summed E-state index contributed by atoms with van der Waals surface area (Å²) in [6, 6.07) is 0. The van der Waals surface area contributed by atoms with Crippen LogP contribution in [0.5, 0.6) is 0 Å². The van der Waals surface area contributed by atoms with Gasteiger partial charge in [-0.3, -0.25) is 19.3 Å². The summed E-state index contributed by atoms with van der Waals surface area (Å²) in [5.41, 5.74) is 0.713. The van der Waals surface area contributed by atoms with Gasteiger partial charge in [-0.2, -0.15) is 0 Å². The smallest absolute Gasteiger partial charge is 0.233 e. The Morgan fingerprint density at radius 1 is 1.00 bits per heavy atom. The molecule has 2 heterocycles. The Morgan fingerprint density at radius 3 is 1.88 bits per heavy atom. The zero-order chi connectivity index (χ0) is 12.0. The van der Waals surface area contributed by atoms with Gasteiger partial charge < -0.3 is 4.90 Å². The van der Waals surface area contributed by atoms with Crippen LogP contribution in [0.2, 0.25) is 0 Å². The molecule has 2 fully saturated rings. The molecule has 0 bridgehead atoms. The number of carbonyl (C=O) groups is 3. The highest BCUT2D eigenvalue weighted by Gasteiger charge is 2.47. The summed E-state index contributed by atoms with van der Waals surface area (Å²) in [5, 5.41) is 0. The van der Waals surface area contributed by atoms with Crippen LogP contribution in [0.3, 0.4) is 0 Å². The lowest BCUT2D eigenvalue weighted by molar-refractivity contribution is -0.140. The zero-order valence-corrected chi connectivity index (χ0v) is 9.40. The second-order valence-corrected chi connectivity index (χ2v) is 4.38. The van der Waals surface area contributed by atoms with Crippen LogP contribution >= 0.6 is 0 Å². The topological polar surface area (TPSA) is 57.7 Å². The van der Waals surface area contributed by atoms with Gasteiger partial charge in [-0.15, -0.1) is 0 Å². The lowest BCUT2D eigenvalue weighted by Crippen LogP contribution is -2.32. The van der Waals surface area contributed by atoms with Crippen molar-refractivity contribution in [2.24, 2.45) is 11.8 Å². The second kappa shape index (κ2) is 3.43. The number of allylic oxidation sites excluding steroid dienone is 1. The molecule has 2 saturated heterocycles. The molecule has 86 valence electrons. The molecule has 5 heteroatoms. The third-order valence-corrected chi connectivity index (χ3v) is 3.48. The van der Waals surface area contributed by atoms with Crippen LogP contribution in [0.4, 0.5) is 0 Å². The Morgan fingerprint density at radius 2 is 1.50 bits per heavy atom. The van der Waals surface area contributed by atoms with Crippen LogP contribution in [-0.4, -0.2) is 41.6 Å². The maximum absolute atomic E-state index is 11.8. The summed E-state index contributed by atoms with van der Waals surface area (Å²) in [7, 11) is 3.11. The van der Waals surface area contributed by atoms with E-state index in [1.807, 2.05) is 0 Å². The molecule has 3 amide bonds. The Labute approximate surface area is 93.7 Å². The molecule has 5 nitrogen and oxygen atoms in total. The first-order chi connectivity index (χ1) is 7.43. The fraction of sp³-hybridized carbons (Fsp3) is 0.545. The van der Waals surface area contributed by atoms with Crippen molar-refractivity contribution in [3.63, 3.8) is 0 Å². The van der Waals surface area contributed by atoms with E-state index in [2.05, 4.69) is 6.58 Å². The summed E-state index contributed by atoms with van der Waals surface area (Å²) in [5.74, 6) is -1.45. The van der Waals surface area contributed by atoms with Gasteiger partial charge in [-0.1, -0.05) is 6.58 Å². The molecule has 0 radical (unpaired) electrons. The van der Waals surface area contributed by atoms with Crippen molar-refractivity contribution < 1.29 is 14.4 Å². The summed E-state index contributed by atoms with van der Waals surface area (Å²) < 4.78 is 0. The van der Waals surface area contributed by atoms with Gasteiger partial charge >= 0.3 is 0 Å². The fourth-order valence-corrected chi connectivity index (χ4v) is 2.30. The van der Waals surface area contributed by atoms with E-state index in [1.54, 1.807) is 7.05 Å². The molecule has 2 unspecified atom stereocenters. The average molecular weight is 222 g/mol. The second-order valence-electron chi connectivity index (χ2n) is 4.38. The van der Waals surface area contributed by atoms with E-state index in [0.717, 1.165) is 4.90 Å². The van der Waals surface area contributed by atoms with Crippen LogP contribution in [-0.2, 0) is 14.4 Å². The molecule has 0 spiro atoms. The molecule has 0 saturated carbocycles. The first-order valence-corrected chi connectivity index (χ1v) is 5.19. The highest BCUT2D eigenvalue weighted by molar-refractivity contribution is 6.05. The average Bonchev–Trinajstić information content (AvgIpc) is 2.64. The Kier molecular flexibility index (Phi) is 2.33. The number of nitrogens with zero attached hydrogens (tertiary/aromatic N) is 2. The minimum Gasteiger partial charge on any atom is -0.320 e. The molecular formula is C11H14N2O3. The van der Waals surface area contributed by atoms with Crippen LogP contribution in [0.25, 0.3) is 0 Å². The molecule has 2 atom stereocenters. The first kappa shape index (κ1) is 10.9. The summed E-state index contributed by atoms with van der Waals surface area (Å²) in [6.07, 6.45) is 0.625. The van der Waals surface area contributed by atoms with Gasteiger partial charge in [0.2, 0.25) is 17.7 Å². The standard InChI is InChI=1S/C11H14N2O3/c1-6-4-7(10(15)12(6)2)8-5-9(14)13(3)11(8)16/h7-8H,1,4-5H2,2-3H3. The molecule has 0 N–H and O–H groups in total. The van der Waals surface area contributed by atoms with E-state index in [-0.39, 0.29) is 24.1 Å². The Bertz CT molecular complexity index is 364. The quantitative estimate of drug-likeness (QED) is 0.586. The number of carbonyl (C=O) groups excluding carboxylic acids is 3. The minimum atomic E-state index is -0.494. The predicted octanol–water partition coefficient (Wildman–Crippen LogP) is -0.0167. The molecular weight excluding hydrogens is 208 g/mol. The lowest BCUT2D eigenvalue weighted by Gasteiger charge is -2.14. The van der Waals surface area contributed by atoms with Crippen LogP contribution in [0, 0.1) is 11.8 Å². The third kappa shape index (κ3) is 1.35. The van der Waals surface area contributed by atoms with Crippen LogP contribution < -0.4 is 0 Å². The van der Waals surface area contributed by atoms with Crippen LogP contribution in [0.1, 0.15) is 12.8 Å². The monoisotopic (exact) mass is 222 g/mol. The molecule has 16 heavy (non-hydrogen) atoms. The van der Waals surface area contributed by atoms with Crippen molar-refractivity contribution in [2.75, 3.05) is 14.1 Å². The molecule has 0 aromatic heterocycles. The predicted molar refractivity (Wildman–Crippen MR) is 55.9 cm³/mol. The number of imide groups is 1. The van der Waals surface area contributed by atoms with Gasteiger partial charge in [0.15, 0.2) is 0 Å². The highest BCUT2D eigenvalue weighted by atomic mass is 16.2. The molecule has 0 aromatic rings. The normalized spacial score (nSPS) is 30.9. The maximum atomic E-state index is 11.8. The highest BCUT2D eigenvalue weighted by Crippen LogP contribution is 2.36. The van der Waals surface area contributed by atoms with Gasteiger partial charge in [0, 0.05) is 26.2 Å². The van der Waals surface area contributed by atoms with E-state index >= 15 is 0 Å².